The molecule has 262 valence electrons. The second kappa shape index (κ2) is 15.3. The number of nitrogens with zero attached hydrogens (tertiary/aromatic N) is 4. The summed E-state index contributed by atoms with van der Waals surface area (Å²) in [6, 6.07) is 40.9. The molecule has 2 aliphatic heterocycles. The molecule has 0 aromatic heterocycles. The van der Waals surface area contributed by atoms with Gasteiger partial charge in [-0.15, -0.1) is 0 Å². The number of rotatable bonds is 10. The van der Waals surface area contributed by atoms with Crippen LogP contribution in [0.3, 0.4) is 0 Å². The highest BCUT2D eigenvalue weighted by atomic mass is 32.1. The standard InChI is InChI=1S/C42H40N6O2S2/c1-27-9-17-31(18-10-27)37-23-39(47(45-37)41(43)51)33-5-3-7-35(21-33)49-25-29-13-15-30(16-14-29)26-50-36-8-4-6-34(22-36)40-24-38(46-48(40)42(44)52)32-19-11-28(2)12-20-32/h3-22,39-40H,23-26H2,1-2H3,(H2,43,51)(H2,44,52). The molecule has 2 atom stereocenters. The Morgan fingerprint density at radius 2 is 0.981 bits per heavy atom. The Kier molecular flexibility index (Phi) is 10.3. The van der Waals surface area contributed by atoms with E-state index in [4.69, 9.17) is 55.6 Å². The lowest BCUT2D eigenvalue weighted by molar-refractivity contribution is 0.300. The highest BCUT2D eigenvalue weighted by molar-refractivity contribution is 7.80. The fourth-order valence-electron chi connectivity index (χ4n) is 6.48. The SMILES string of the molecule is Cc1ccc(C2=NN(C(N)=S)C(c3cccc(OCc4ccc(COc5cccc(C6CC(c7ccc(C)cc7)=NN6C(N)=S)c5)cc4)c3)C2)cc1. The van der Waals surface area contributed by atoms with Crippen LogP contribution in [-0.4, -0.2) is 31.7 Å². The van der Waals surface area contributed by atoms with Gasteiger partial charge in [-0.3, -0.25) is 0 Å². The van der Waals surface area contributed by atoms with E-state index < -0.39 is 0 Å². The molecule has 0 spiro atoms. The van der Waals surface area contributed by atoms with Gasteiger partial charge in [0.15, 0.2) is 10.2 Å². The minimum atomic E-state index is -0.1000. The highest BCUT2D eigenvalue weighted by Gasteiger charge is 2.32. The van der Waals surface area contributed by atoms with E-state index in [1.165, 1.54) is 11.1 Å². The first-order valence-electron chi connectivity index (χ1n) is 17.2. The van der Waals surface area contributed by atoms with E-state index in [1.807, 2.05) is 36.4 Å². The molecule has 0 amide bonds. The number of hydrogen-bond donors (Lipinski definition) is 2. The van der Waals surface area contributed by atoms with Gasteiger partial charge >= 0.3 is 0 Å². The van der Waals surface area contributed by atoms with Crippen LogP contribution in [0.15, 0.2) is 132 Å². The number of aryl methyl sites for hydroxylation is 2. The zero-order valence-electron chi connectivity index (χ0n) is 29.1. The van der Waals surface area contributed by atoms with Crippen molar-refractivity contribution in [3.8, 4) is 11.5 Å². The predicted octanol–water partition coefficient (Wildman–Crippen LogP) is 8.25. The Morgan fingerprint density at radius 1 is 0.596 bits per heavy atom. The van der Waals surface area contributed by atoms with Crippen LogP contribution in [-0.2, 0) is 13.2 Å². The zero-order chi connectivity index (χ0) is 36.2. The lowest BCUT2D eigenvalue weighted by Gasteiger charge is -2.22. The molecular formula is C42H40N6O2S2. The number of ether oxygens (including phenoxy) is 2. The van der Waals surface area contributed by atoms with Crippen LogP contribution in [0.2, 0.25) is 0 Å². The molecule has 7 rings (SSSR count). The number of hydrazone groups is 2. The molecule has 2 aliphatic rings. The third kappa shape index (κ3) is 7.98. The van der Waals surface area contributed by atoms with Crippen LogP contribution in [0.4, 0.5) is 0 Å². The van der Waals surface area contributed by atoms with Crippen molar-refractivity contribution < 1.29 is 9.47 Å². The van der Waals surface area contributed by atoms with Gasteiger partial charge in [0.1, 0.15) is 24.7 Å². The minimum Gasteiger partial charge on any atom is -0.489 e. The first kappa shape index (κ1) is 34.9. The van der Waals surface area contributed by atoms with Crippen LogP contribution in [0.1, 0.15) is 69.4 Å². The molecule has 8 nitrogen and oxygen atoms in total. The summed E-state index contributed by atoms with van der Waals surface area (Å²) in [5.41, 5.74) is 22.8. The Morgan fingerprint density at radius 3 is 1.35 bits per heavy atom. The summed E-state index contributed by atoms with van der Waals surface area (Å²) in [7, 11) is 0. The molecule has 0 bridgehead atoms. The smallest absolute Gasteiger partial charge is 0.187 e. The van der Waals surface area contributed by atoms with Gasteiger partial charge in [0, 0.05) is 12.8 Å². The van der Waals surface area contributed by atoms with E-state index in [0.29, 0.717) is 26.1 Å². The molecule has 4 N–H and O–H groups in total. The summed E-state index contributed by atoms with van der Waals surface area (Å²) >= 11 is 10.7. The van der Waals surface area contributed by atoms with Crippen LogP contribution in [0.25, 0.3) is 0 Å². The summed E-state index contributed by atoms with van der Waals surface area (Å²) in [6.45, 7) is 4.99. The van der Waals surface area contributed by atoms with Crippen LogP contribution in [0.5, 0.6) is 11.5 Å². The quantitative estimate of drug-likeness (QED) is 0.139. The molecular weight excluding hydrogens is 685 g/mol. The Bertz CT molecular complexity index is 2000. The van der Waals surface area contributed by atoms with Gasteiger partial charge in [-0.1, -0.05) is 108 Å². The van der Waals surface area contributed by atoms with Gasteiger partial charge in [0.05, 0.1) is 23.5 Å². The summed E-state index contributed by atoms with van der Waals surface area (Å²) in [6.07, 6.45) is 1.39. The normalized spacial score (nSPS) is 16.7. The molecule has 0 saturated carbocycles. The van der Waals surface area contributed by atoms with Crippen molar-refractivity contribution in [1.82, 2.24) is 10.0 Å². The summed E-state index contributed by atoms with van der Waals surface area (Å²) in [5, 5.41) is 13.5. The Labute approximate surface area is 315 Å². The lowest BCUT2D eigenvalue weighted by Crippen LogP contribution is -2.31. The van der Waals surface area contributed by atoms with Crippen molar-refractivity contribution in [3.05, 3.63) is 166 Å². The summed E-state index contributed by atoms with van der Waals surface area (Å²) < 4.78 is 12.5. The maximum absolute atomic E-state index is 6.23. The van der Waals surface area contributed by atoms with Crippen molar-refractivity contribution >= 4 is 46.1 Å². The van der Waals surface area contributed by atoms with Crippen molar-refractivity contribution in [2.24, 2.45) is 21.7 Å². The predicted molar refractivity (Wildman–Crippen MR) is 215 cm³/mol. The van der Waals surface area contributed by atoms with Crippen molar-refractivity contribution in [2.75, 3.05) is 0 Å². The largest absolute Gasteiger partial charge is 0.489 e. The van der Waals surface area contributed by atoms with Crippen LogP contribution < -0.4 is 20.9 Å². The summed E-state index contributed by atoms with van der Waals surface area (Å²) in [5.74, 6) is 1.54. The zero-order valence-corrected chi connectivity index (χ0v) is 30.7. The molecule has 0 aliphatic carbocycles. The Balaban J connectivity index is 0.947. The Hall–Kier alpha value is -5.58. The topological polar surface area (TPSA) is 102 Å². The maximum atomic E-state index is 6.23. The van der Waals surface area contributed by atoms with Gasteiger partial charge in [-0.2, -0.15) is 10.2 Å². The van der Waals surface area contributed by atoms with Gasteiger partial charge in [0.25, 0.3) is 0 Å². The molecule has 52 heavy (non-hydrogen) atoms. The highest BCUT2D eigenvalue weighted by Crippen LogP contribution is 2.36. The summed E-state index contributed by atoms with van der Waals surface area (Å²) in [4.78, 5) is 0. The molecule has 5 aromatic carbocycles. The molecule has 2 unspecified atom stereocenters. The number of nitrogens with two attached hydrogens (primary N) is 2. The van der Waals surface area contributed by atoms with E-state index in [2.05, 4.69) is 98.8 Å². The van der Waals surface area contributed by atoms with Gasteiger partial charge < -0.3 is 20.9 Å². The van der Waals surface area contributed by atoms with E-state index in [1.54, 1.807) is 10.0 Å². The molecule has 2 heterocycles. The van der Waals surface area contributed by atoms with Gasteiger partial charge in [-0.05, 0) is 95.9 Å². The second-order valence-corrected chi connectivity index (χ2v) is 14.0. The van der Waals surface area contributed by atoms with E-state index in [0.717, 1.165) is 56.3 Å². The first-order chi connectivity index (χ1) is 25.2. The van der Waals surface area contributed by atoms with Gasteiger partial charge in [-0.25, -0.2) is 10.0 Å². The number of benzene rings is 5. The first-order valence-corrected chi connectivity index (χ1v) is 18.0. The number of hydrogen-bond acceptors (Lipinski definition) is 6. The monoisotopic (exact) mass is 724 g/mol. The average molecular weight is 725 g/mol. The van der Waals surface area contributed by atoms with Crippen molar-refractivity contribution in [3.63, 3.8) is 0 Å². The molecule has 5 aromatic rings. The third-order valence-corrected chi connectivity index (χ3v) is 9.74. The van der Waals surface area contributed by atoms with Crippen molar-refractivity contribution in [2.45, 2.75) is 52.0 Å². The van der Waals surface area contributed by atoms with Crippen molar-refractivity contribution in [1.29, 1.82) is 0 Å². The molecule has 0 radical (unpaired) electrons. The molecule has 0 saturated heterocycles. The second-order valence-electron chi connectivity index (χ2n) is 13.2. The number of thiocarbonyl (C=S) groups is 2. The fourth-order valence-corrected chi connectivity index (χ4v) is 6.81. The van der Waals surface area contributed by atoms with Crippen LogP contribution >= 0.6 is 24.4 Å². The van der Waals surface area contributed by atoms with E-state index in [9.17, 15) is 0 Å². The minimum absolute atomic E-state index is 0.1000. The molecule has 10 heteroatoms. The third-order valence-electron chi connectivity index (χ3n) is 9.36. The van der Waals surface area contributed by atoms with E-state index in [-0.39, 0.29) is 22.3 Å². The maximum Gasteiger partial charge on any atom is 0.187 e. The van der Waals surface area contributed by atoms with Crippen LogP contribution in [0, 0.1) is 13.8 Å². The fraction of sp³-hybridized carbons (Fsp3) is 0.190. The van der Waals surface area contributed by atoms with E-state index >= 15 is 0 Å². The van der Waals surface area contributed by atoms with Gasteiger partial charge in [0.2, 0.25) is 0 Å². The lowest BCUT2D eigenvalue weighted by atomic mass is 9.98. The average Bonchev–Trinajstić information content (AvgIpc) is 3.81. The molecule has 0 fully saturated rings.